The van der Waals surface area contributed by atoms with Crippen molar-refractivity contribution in [2.75, 3.05) is 44.2 Å². The molecule has 69 heavy (non-hydrogen) atoms. The number of hydrogen-bond donors (Lipinski definition) is 0. The third kappa shape index (κ3) is 8.08. The van der Waals surface area contributed by atoms with E-state index >= 15 is 0 Å². The normalized spacial score (nSPS) is 17.6. The number of rotatable bonds is 12. The SMILES string of the molecule is CC(C)Oc1ccc(-c2nn(C(c3ccccc3)(c3ccccc3)c3ccccc3)c3ccc(N4CC[C@]5(CCN(CC(=O)N6CC=C(c7ccc(-c8ncn(C)n8)cc7)CC6)C5)C4=O)cc23)cn1. The fraction of sp³-hybridized carbons (Fsp3) is 0.263. The average Bonchev–Trinajstić information content (AvgIpc) is 4.19. The summed E-state index contributed by atoms with van der Waals surface area (Å²) in [7, 11) is 1.86. The molecule has 11 rings (SSSR count). The van der Waals surface area contributed by atoms with Gasteiger partial charge in [-0.05, 0) is 91.7 Å². The Hall–Kier alpha value is -7.70. The van der Waals surface area contributed by atoms with Crippen molar-refractivity contribution < 1.29 is 14.3 Å². The summed E-state index contributed by atoms with van der Waals surface area (Å²) in [4.78, 5) is 43.8. The Balaban J connectivity index is 0.875. The number of benzene rings is 5. The molecule has 12 heteroatoms. The molecule has 0 bridgehead atoms. The van der Waals surface area contributed by atoms with Crippen molar-refractivity contribution in [1.29, 1.82) is 0 Å². The van der Waals surface area contributed by atoms with Crippen LogP contribution in [0, 0.1) is 5.41 Å². The van der Waals surface area contributed by atoms with Crippen molar-refractivity contribution in [2.24, 2.45) is 12.5 Å². The Morgan fingerprint density at radius 1 is 0.739 bits per heavy atom. The van der Waals surface area contributed by atoms with Gasteiger partial charge in [0.2, 0.25) is 17.7 Å². The summed E-state index contributed by atoms with van der Waals surface area (Å²) in [5, 5.41) is 10.9. The summed E-state index contributed by atoms with van der Waals surface area (Å²) in [6.07, 6.45) is 7.92. The van der Waals surface area contributed by atoms with Gasteiger partial charge in [-0.3, -0.25) is 19.2 Å². The number of anilines is 1. The number of hydrogen-bond acceptors (Lipinski definition) is 8. The predicted molar refractivity (Wildman–Crippen MR) is 269 cm³/mol. The number of ether oxygens (including phenoxy) is 1. The monoisotopic (exact) mass is 913 g/mol. The topological polar surface area (TPSA) is 115 Å². The van der Waals surface area contributed by atoms with Gasteiger partial charge in [-0.25, -0.2) is 14.6 Å². The fourth-order valence-corrected chi connectivity index (χ4v) is 10.8. The zero-order valence-corrected chi connectivity index (χ0v) is 39.3. The van der Waals surface area contributed by atoms with Gasteiger partial charge in [0.1, 0.15) is 17.6 Å². The summed E-state index contributed by atoms with van der Waals surface area (Å²) in [6, 6.07) is 50.2. The van der Waals surface area contributed by atoms with Crippen molar-refractivity contribution in [3.8, 4) is 28.5 Å². The van der Waals surface area contributed by atoms with E-state index < -0.39 is 11.0 Å². The Morgan fingerprint density at radius 3 is 1.99 bits per heavy atom. The molecule has 2 fully saturated rings. The first-order valence-corrected chi connectivity index (χ1v) is 24.0. The number of aryl methyl sites for hydroxylation is 1. The first-order chi connectivity index (χ1) is 33.7. The Morgan fingerprint density at radius 2 is 1.39 bits per heavy atom. The van der Waals surface area contributed by atoms with Gasteiger partial charge in [-0.1, -0.05) is 121 Å². The smallest absolute Gasteiger partial charge is 0.237 e. The van der Waals surface area contributed by atoms with E-state index in [1.165, 1.54) is 5.57 Å². The molecular weight excluding hydrogens is 859 g/mol. The van der Waals surface area contributed by atoms with E-state index in [2.05, 4.69) is 141 Å². The fourth-order valence-electron chi connectivity index (χ4n) is 10.8. The van der Waals surface area contributed by atoms with Crippen LogP contribution in [0.4, 0.5) is 5.69 Å². The van der Waals surface area contributed by atoms with Gasteiger partial charge in [-0.2, -0.15) is 10.2 Å². The van der Waals surface area contributed by atoms with Gasteiger partial charge in [-0.15, -0.1) is 0 Å². The molecule has 5 aromatic carbocycles. The second-order valence-electron chi connectivity index (χ2n) is 18.9. The highest BCUT2D eigenvalue weighted by Crippen LogP contribution is 2.47. The molecule has 0 saturated carbocycles. The van der Waals surface area contributed by atoms with Crippen molar-refractivity contribution in [1.82, 2.24) is 39.3 Å². The van der Waals surface area contributed by atoms with Crippen LogP contribution in [0.25, 0.3) is 39.1 Å². The summed E-state index contributed by atoms with van der Waals surface area (Å²) in [5.74, 6) is 1.47. The molecule has 0 aliphatic carbocycles. The summed E-state index contributed by atoms with van der Waals surface area (Å²) >= 11 is 0. The second kappa shape index (κ2) is 18.1. The minimum atomic E-state index is -0.869. The van der Waals surface area contributed by atoms with Crippen LogP contribution < -0.4 is 9.64 Å². The maximum absolute atomic E-state index is 14.8. The Kier molecular flexibility index (Phi) is 11.5. The molecule has 0 N–H and O–H groups in total. The first-order valence-electron chi connectivity index (χ1n) is 24.0. The molecule has 8 aromatic rings. The minimum Gasteiger partial charge on any atom is -0.475 e. The molecule has 3 aliphatic heterocycles. The molecule has 6 heterocycles. The maximum atomic E-state index is 14.8. The number of carbonyl (C=O) groups is 2. The molecule has 2 amide bonds. The number of pyridine rings is 1. The number of fused-ring (bicyclic) bond motifs is 1. The van der Waals surface area contributed by atoms with E-state index in [4.69, 9.17) is 14.8 Å². The number of aromatic nitrogens is 6. The molecule has 346 valence electrons. The van der Waals surface area contributed by atoms with Crippen molar-refractivity contribution in [3.63, 3.8) is 0 Å². The zero-order chi connectivity index (χ0) is 47.1. The van der Waals surface area contributed by atoms with Gasteiger partial charge in [0.25, 0.3) is 0 Å². The number of likely N-dealkylation sites (tertiary alicyclic amines) is 1. The minimum absolute atomic E-state index is 0.0175. The Bertz CT molecular complexity index is 3070. The molecule has 1 spiro atoms. The third-order valence-electron chi connectivity index (χ3n) is 14.2. The molecule has 3 aromatic heterocycles. The largest absolute Gasteiger partial charge is 0.475 e. The van der Waals surface area contributed by atoms with E-state index in [-0.39, 0.29) is 17.9 Å². The van der Waals surface area contributed by atoms with Crippen LogP contribution in [0.2, 0.25) is 0 Å². The lowest BCUT2D eigenvalue weighted by atomic mass is 9.77. The molecule has 2 saturated heterocycles. The quantitative estimate of drug-likeness (QED) is 0.112. The van der Waals surface area contributed by atoms with Crippen LogP contribution >= 0.6 is 0 Å². The molecular formula is C57H55N9O3. The number of amides is 2. The molecule has 0 radical (unpaired) electrons. The highest BCUT2D eigenvalue weighted by molar-refractivity contribution is 6.03. The summed E-state index contributed by atoms with van der Waals surface area (Å²) < 4.78 is 9.82. The van der Waals surface area contributed by atoms with Crippen LogP contribution in [0.5, 0.6) is 5.88 Å². The second-order valence-corrected chi connectivity index (χ2v) is 18.9. The van der Waals surface area contributed by atoms with Crippen molar-refractivity contribution >= 4 is 34.0 Å². The van der Waals surface area contributed by atoms with Crippen LogP contribution in [0.3, 0.4) is 0 Å². The van der Waals surface area contributed by atoms with Crippen LogP contribution in [-0.4, -0.2) is 96.5 Å². The van der Waals surface area contributed by atoms with Gasteiger partial charge >= 0.3 is 0 Å². The average molecular weight is 914 g/mol. The van der Waals surface area contributed by atoms with E-state index in [0.717, 1.165) is 74.9 Å². The van der Waals surface area contributed by atoms with E-state index in [0.29, 0.717) is 51.0 Å². The van der Waals surface area contributed by atoms with Gasteiger partial charge in [0.05, 0.1) is 23.6 Å². The maximum Gasteiger partial charge on any atom is 0.237 e. The van der Waals surface area contributed by atoms with Crippen LogP contribution in [-0.2, 0) is 22.2 Å². The van der Waals surface area contributed by atoms with E-state index in [9.17, 15) is 9.59 Å². The van der Waals surface area contributed by atoms with Crippen molar-refractivity contribution in [2.45, 2.75) is 44.8 Å². The third-order valence-corrected chi connectivity index (χ3v) is 14.2. The van der Waals surface area contributed by atoms with Crippen molar-refractivity contribution in [3.05, 3.63) is 186 Å². The lowest BCUT2D eigenvalue weighted by Gasteiger charge is -2.37. The Labute approximate surface area is 402 Å². The van der Waals surface area contributed by atoms with E-state index in [1.54, 1.807) is 11.0 Å². The van der Waals surface area contributed by atoms with Gasteiger partial charge in [0.15, 0.2) is 5.82 Å². The highest BCUT2D eigenvalue weighted by Gasteiger charge is 2.51. The summed E-state index contributed by atoms with van der Waals surface area (Å²) in [6.45, 7) is 7.38. The van der Waals surface area contributed by atoms with Crippen LogP contribution in [0.15, 0.2) is 164 Å². The lowest BCUT2D eigenvalue weighted by Crippen LogP contribution is -2.43. The predicted octanol–water partition coefficient (Wildman–Crippen LogP) is 9.27. The number of nitrogens with zero attached hydrogens (tertiary/aromatic N) is 9. The lowest BCUT2D eigenvalue weighted by molar-refractivity contribution is -0.132. The molecule has 1 atom stereocenters. The number of carbonyl (C=O) groups excluding carboxylic acids is 2. The van der Waals surface area contributed by atoms with Gasteiger partial charge in [0, 0.05) is 67.7 Å². The summed E-state index contributed by atoms with van der Waals surface area (Å²) in [5.41, 5.74) is 8.46. The molecule has 12 nitrogen and oxygen atoms in total. The molecule has 0 unspecified atom stereocenters. The first kappa shape index (κ1) is 43.8. The molecule has 3 aliphatic rings. The standard InChI is InChI=1S/C57H55N9O3/c1-40(2)69-51-26-23-44(36-58-51)53-49-35-48(24-25-50(49)66(60-53)57(45-13-7-4-8-14-45,46-15-9-5-10-16-46)47-17-11-6-12-18-47)65-34-30-56(55(65)68)29-33-63(38-56)37-52(67)64-31-27-42(28-32-64)41-19-21-43(22-20-41)54-59-39-62(3)61-54/h4-27,35-36,39-40H,28-34,37-38H2,1-3H3/t56-/m0/s1. The zero-order valence-electron chi connectivity index (χ0n) is 39.3. The highest BCUT2D eigenvalue weighted by atomic mass is 16.5. The van der Waals surface area contributed by atoms with E-state index in [1.807, 2.05) is 67.2 Å². The van der Waals surface area contributed by atoms with Gasteiger partial charge < -0.3 is 14.5 Å². The van der Waals surface area contributed by atoms with Crippen LogP contribution in [0.1, 0.15) is 55.4 Å².